The maximum Gasteiger partial charge on any atom is 0.313 e. The third-order valence-corrected chi connectivity index (χ3v) is 4.40. The third-order valence-electron chi connectivity index (χ3n) is 4.16. The van der Waals surface area contributed by atoms with E-state index in [0.717, 1.165) is 11.3 Å². The number of anilines is 2. The van der Waals surface area contributed by atoms with Gasteiger partial charge < -0.3 is 20.4 Å². The van der Waals surface area contributed by atoms with Gasteiger partial charge in [-0.05, 0) is 50.0 Å². The number of rotatable bonds is 6. The molecular weight excluding hydrogens is 364 g/mol. The number of nitrogens with one attached hydrogen (secondary N) is 2. The van der Waals surface area contributed by atoms with Crippen LogP contribution < -0.4 is 15.5 Å². The van der Waals surface area contributed by atoms with E-state index in [2.05, 4.69) is 10.6 Å². The summed E-state index contributed by atoms with van der Waals surface area (Å²) in [6, 6.07) is 14.7. The normalized spacial score (nSPS) is 11.8. The zero-order valence-electron chi connectivity index (χ0n) is 16.0. The van der Waals surface area contributed by atoms with Crippen molar-refractivity contribution in [3.05, 3.63) is 59.1 Å². The Morgan fingerprint density at radius 1 is 1.00 bits per heavy atom. The fourth-order valence-electron chi connectivity index (χ4n) is 2.62. The molecule has 0 fully saturated rings. The Morgan fingerprint density at radius 3 is 2.22 bits per heavy atom. The summed E-state index contributed by atoms with van der Waals surface area (Å²) >= 11 is 5.88. The summed E-state index contributed by atoms with van der Waals surface area (Å²) in [7, 11) is 7.83. The first-order chi connectivity index (χ1) is 12.8. The molecule has 0 aromatic heterocycles. The number of hydrogen-bond acceptors (Lipinski definition) is 4. The van der Waals surface area contributed by atoms with Crippen molar-refractivity contribution in [3.63, 3.8) is 0 Å². The average Bonchev–Trinajstić information content (AvgIpc) is 2.61. The van der Waals surface area contributed by atoms with Gasteiger partial charge in [0.25, 0.3) is 0 Å². The Kier molecular flexibility index (Phi) is 7.21. The Hall–Kier alpha value is -2.57. The maximum atomic E-state index is 12.2. The van der Waals surface area contributed by atoms with Gasteiger partial charge in [-0.1, -0.05) is 29.8 Å². The smallest absolute Gasteiger partial charge is 0.313 e. The molecule has 0 aliphatic heterocycles. The van der Waals surface area contributed by atoms with Crippen LogP contribution in [0.15, 0.2) is 48.5 Å². The molecule has 0 aliphatic rings. The highest BCUT2D eigenvalue weighted by Gasteiger charge is 2.19. The van der Waals surface area contributed by atoms with E-state index in [1.165, 1.54) is 0 Å². The first-order valence-corrected chi connectivity index (χ1v) is 8.94. The fourth-order valence-corrected chi connectivity index (χ4v) is 2.81. The van der Waals surface area contributed by atoms with Gasteiger partial charge in [-0.15, -0.1) is 0 Å². The van der Waals surface area contributed by atoms with E-state index >= 15 is 0 Å². The van der Waals surface area contributed by atoms with E-state index in [9.17, 15) is 9.59 Å². The summed E-state index contributed by atoms with van der Waals surface area (Å²) in [5, 5.41) is 5.73. The number of carbonyl (C=O) groups is 2. The van der Waals surface area contributed by atoms with Crippen LogP contribution in [0.3, 0.4) is 0 Å². The van der Waals surface area contributed by atoms with Crippen molar-refractivity contribution < 1.29 is 9.59 Å². The molecule has 1 atom stereocenters. The van der Waals surface area contributed by atoms with Gasteiger partial charge in [-0.2, -0.15) is 0 Å². The lowest BCUT2D eigenvalue weighted by Gasteiger charge is -2.25. The number of amides is 2. The van der Waals surface area contributed by atoms with E-state index in [4.69, 9.17) is 11.6 Å². The number of likely N-dealkylation sites (N-methyl/N-ethyl adjacent to an activating group) is 1. The molecule has 6 nitrogen and oxygen atoms in total. The van der Waals surface area contributed by atoms with Crippen LogP contribution >= 0.6 is 11.6 Å². The first-order valence-electron chi connectivity index (χ1n) is 8.56. The highest BCUT2D eigenvalue weighted by atomic mass is 35.5. The number of benzene rings is 2. The van der Waals surface area contributed by atoms with Gasteiger partial charge in [0.1, 0.15) is 0 Å². The number of hydrogen-bond donors (Lipinski definition) is 2. The SMILES string of the molecule is CN(C)c1ccc([C@@H](CNC(=O)C(=O)Nc2cccc(Cl)c2)N(C)C)cc1. The summed E-state index contributed by atoms with van der Waals surface area (Å²) in [5.41, 5.74) is 2.63. The van der Waals surface area contributed by atoms with E-state index < -0.39 is 11.8 Å². The van der Waals surface area contributed by atoms with Crippen molar-refractivity contribution >= 4 is 34.8 Å². The Bertz CT molecular complexity index is 791. The lowest BCUT2D eigenvalue weighted by atomic mass is 10.1. The predicted molar refractivity (Wildman–Crippen MR) is 110 cm³/mol. The van der Waals surface area contributed by atoms with Crippen LogP contribution in [-0.2, 0) is 9.59 Å². The molecule has 2 amide bonds. The van der Waals surface area contributed by atoms with Crippen LogP contribution in [0.4, 0.5) is 11.4 Å². The third kappa shape index (κ3) is 5.98. The van der Waals surface area contributed by atoms with Crippen molar-refractivity contribution in [2.24, 2.45) is 0 Å². The van der Waals surface area contributed by atoms with Gasteiger partial charge in [-0.3, -0.25) is 9.59 Å². The van der Waals surface area contributed by atoms with E-state index in [-0.39, 0.29) is 6.04 Å². The first kappa shape index (κ1) is 20.7. The molecule has 144 valence electrons. The Labute approximate surface area is 165 Å². The predicted octanol–water partition coefficient (Wildman–Crippen LogP) is 2.76. The molecule has 7 heteroatoms. The van der Waals surface area contributed by atoms with Gasteiger partial charge >= 0.3 is 11.8 Å². The molecule has 2 N–H and O–H groups in total. The monoisotopic (exact) mass is 388 g/mol. The molecule has 27 heavy (non-hydrogen) atoms. The van der Waals surface area contributed by atoms with E-state index in [0.29, 0.717) is 17.3 Å². The molecule has 0 heterocycles. The minimum absolute atomic E-state index is 0.0517. The van der Waals surface area contributed by atoms with Crippen molar-refractivity contribution in [1.29, 1.82) is 0 Å². The molecule has 0 bridgehead atoms. The van der Waals surface area contributed by atoms with Crippen LogP contribution in [0.25, 0.3) is 0 Å². The molecule has 0 unspecified atom stereocenters. The molecule has 2 aromatic rings. The van der Waals surface area contributed by atoms with Crippen molar-refractivity contribution in [2.45, 2.75) is 6.04 Å². The number of nitrogens with zero attached hydrogens (tertiary/aromatic N) is 2. The highest BCUT2D eigenvalue weighted by molar-refractivity contribution is 6.39. The average molecular weight is 389 g/mol. The van der Waals surface area contributed by atoms with Crippen molar-refractivity contribution in [1.82, 2.24) is 10.2 Å². The van der Waals surface area contributed by atoms with Gasteiger partial charge in [0, 0.05) is 37.0 Å². The zero-order valence-corrected chi connectivity index (χ0v) is 16.7. The summed E-state index contributed by atoms with van der Waals surface area (Å²) in [6.45, 7) is 0.316. The van der Waals surface area contributed by atoms with Crippen LogP contribution in [-0.4, -0.2) is 51.4 Å². The minimum atomic E-state index is -0.724. The second-order valence-corrected chi connectivity index (χ2v) is 7.08. The topological polar surface area (TPSA) is 64.7 Å². The molecule has 2 aromatic carbocycles. The summed E-state index contributed by atoms with van der Waals surface area (Å²) in [6.07, 6.45) is 0. The van der Waals surface area contributed by atoms with E-state index in [1.807, 2.05) is 62.3 Å². The minimum Gasteiger partial charge on any atom is -0.378 e. The molecule has 0 spiro atoms. The number of carbonyl (C=O) groups excluding carboxylic acids is 2. The second kappa shape index (κ2) is 9.39. The second-order valence-electron chi connectivity index (χ2n) is 6.64. The molecule has 0 radical (unpaired) electrons. The summed E-state index contributed by atoms with van der Waals surface area (Å²) < 4.78 is 0. The highest BCUT2D eigenvalue weighted by Crippen LogP contribution is 2.21. The van der Waals surface area contributed by atoms with Gasteiger partial charge in [0.2, 0.25) is 0 Å². The Morgan fingerprint density at radius 2 is 1.67 bits per heavy atom. The summed E-state index contributed by atoms with van der Waals surface area (Å²) in [5.74, 6) is -1.41. The van der Waals surface area contributed by atoms with E-state index in [1.54, 1.807) is 24.3 Å². The lowest BCUT2D eigenvalue weighted by Crippen LogP contribution is -2.40. The fraction of sp³-hybridized carbons (Fsp3) is 0.300. The maximum absolute atomic E-state index is 12.2. The van der Waals surface area contributed by atoms with Crippen LogP contribution in [0, 0.1) is 0 Å². The molecule has 0 saturated heterocycles. The van der Waals surface area contributed by atoms with Gasteiger partial charge in [-0.25, -0.2) is 0 Å². The molecular formula is C20H25ClN4O2. The van der Waals surface area contributed by atoms with Gasteiger partial charge in [0.05, 0.1) is 6.04 Å². The van der Waals surface area contributed by atoms with Crippen molar-refractivity contribution in [3.8, 4) is 0 Å². The molecule has 2 rings (SSSR count). The van der Waals surface area contributed by atoms with Crippen molar-refractivity contribution in [2.75, 3.05) is 45.0 Å². The lowest BCUT2D eigenvalue weighted by molar-refractivity contribution is -0.136. The van der Waals surface area contributed by atoms with Gasteiger partial charge in [0.15, 0.2) is 0 Å². The van der Waals surface area contributed by atoms with Crippen LogP contribution in [0.1, 0.15) is 11.6 Å². The van der Waals surface area contributed by atoms with Crippen LogP contribution in [0.2, 0.25) is 5.02 Å². The standard InChI is InChI=1S/C20H25ClN4O2/c1-24(2)17-10-8-14(9-11-17)18(25(3)4)13-22-19(26)20(27)23-16-7-5-6-15(21)12-16/h5-12,18H,13H2,1-4H3,(H,22,26)(H,23,27)/t18-/m1/s1. The number of halogens is 1. The largest absolute Gasteiger partial charge is 0.378 e. The van der Waals surface area contributed by atoms with Crippen LogP contribution in [0.5, 0.6) is 0 Å². The quantitative estimate of drug-likeness (QED) is 0.747. The summed E-state index contributed by atoms with van der Waals surface area (Å²) in [4.78, 5) is 28.3. The Balaban J connectivity index is 1.98. The molecule has 0 saturated carbocycles. The zero-order chi connectivity index (χ0) is 20.0. The molecule has 0 aliphatic carbocycles.